The Bertz CT molecular complexity index is 720. The lowest BCUT2D eigenvalue weighted by Crippen LogP contribution is -2.55. The van der Waals surface area contributed by atoms with Gasteiger partial charge >= 0.3 is 0 Å². The van der Waals surface area contributed by atoms with E-state index in [1.165, 1.54) is 16.0 Å². The van der Waals surface area contributed by atoms with Crippen molar-refractivity contribution in [2.24, 2.45) is 5.92 Å². The number of rotatable bonds is 5. The van der Waals surface area contributed by atoms with Gasteiger partial charge in [-0.2, -0.15) is 0 Å². The van der Waals surface area contributed by atoms with Gasteiger partial charge in [0.2, 0.25) is 0 Å². The summed E-state index contributed by atoms with van der Waals surface area (Å²) in [6, 6.07) is 0. The van der Waals surface area contributed by atoms with E-state index in [-0.39, 0.29) is 0 Å². The molecule has 1 aromatic rings. The Hall–Kier alpha value is -1.02. The van der Waals surface area contributed by atoms with E-state index in [9.17, 15) is 20.4 Å². The Morgan fingerprint density at radius 1 is 1.11 bits per heavy atom. The maximum atomic E-state index is 10.4. The Morgan fingerprint density at radius 3 is 2.44 bits per heavy atom. The molecule has 6 heteroatoms. The highest BCUT2D eigenvalue weighted by Gasteiger charge is 2.45. The Labute approximate surface area is 164 Å². The summed E-state index contributed by atoms with van der Waals surface area (Å²) in [4.78, 5) is 2.07. The van der Waals surface area contributed by atoms with Crippen LogP contribution in [0.5, 0.6) is 0 Å². The van der Waals surface area contributed by atoms with Gasteiger partial charge in [-0.05, 0) is 49.3 Å². The number of hydrogen-bond acceptors (Lipinski definition) is 6. The lowest BCUT2D eigenvalue weighted by atomic mass is 9.91. The summed E-state index contributed by atoms with van der Waals surface area (Å²) in [5.41, 5.74) is 3.49. The summed E-state index contributed by atoms with van der Waals surface area (Å²) in [5.74, 6) is 0.629. The predicted molar refractivity (Wildman–Crippen MR) is 106 cm³/mol. The van der Waals surface area contributed by atoms with E-state index < -0.39 is 37.1 Å². The molecule has 1 aliphatic carbocycles. The molecule has 2 aliphatic rings. The number of aliphatic hydroxyl groups is 4. The molecule has 27 heavy (non-hydrogen) atoms. The van der Waals surface area contributed by atoms with Crippen LogP contribution in [-0.2, 0) is 11.2 Å². The molecule has 150 valence electrons. The standard InChI is InChI=1S/C21H30O5S/c1-4-13-5-7-14(8-6-13)9-16-11(2)12(3)21(27-16)20-19(25)18(24)17(23)15(10-22)26-20/h5,7-8,13,15,17-20,22-25H,4,6,9-10H2,1-3H3/t13?,15-,17-,18+,19-,20-/m1/s1. The fourth-order valence-corrected chi connectivity index (χ4v) is 5.19. The van der Waals surface area contributed by atoms with Gasteiger partial charge in [0.15, 0.2) is 0 Å². The summed E-state index contributed by atoms with van der Waals surface area (Å²) < 4.78 is 5.76. The smallest absolute Gasteiger partial charge is 0.121 e. The topological polar surface area (TPSA) is 90.2 Å². The summed E-state index contributed by atoms with van der Waals surface area (Å²) in [5, 5.41) is 40.0. The highest BCUT2D eigenvalue weighted by Crippen LogP contribution is 2.41. The molecular weight excluding hydrogens is 364 g/mol. The van der Waals surface area contributed by atoms with Crippen LogP contribution >= 0.6 is 11.3 Å². The van der Waals surface area contributed by atoms with Crippen LogP contribution in [0.3, 0.4) is 0 Å². The first-order chi connectivity index (χ1) is 12.9. The van der Waals surface area contributed by atoms with E-state index in [1.807, 2.05) is 6.92 Å². The molecule has 1 aromatic heterocycles. The van der Waals surface area contributed by atoms with Gasteiger partial charge in [-0.3, -0.25) is 0 Å². The minimum Gasteiger partial charge on any atom is -0.394 e. The highest BCUT2D eigenvalue weighted by molar-refractivity contribution is 7.12. The van der Waals surface area contributed by atoms with Crippen molar-refractivity contribution in [1.82, 2.24) is 0 Å². The van der Waals surface area contributed by atoms with E-state index in [0.717, 1.165) is 29.7 Å². The quantitative estimate of drug-likeness (QED) is 0.615. The molecule has 0 saturated carbocycles. The number of hydrogen-bond donors (Lipinski definition) is 4. The summed E-state index contributed by atoms with van der Waals surface area (Å²) >= 11 is 1.58. The van der Waals surface area contributed by atoms with Gasteiger partial charge in [0, 0.05) is 16.2 Å². The van der Waals surface area contributed by atoms with Crippen LogP contribution in [0.1, 0.15) is 46.8 Å². The zero-order chi connectivity index (χ0) is 19.7. The number of allylic oxidation sites excluding steroid dienone is 4. The number of aliphatic hydroxyl groups excluding tert-OH is 4. The van der Waals surface area contributed by atoms with Crippen molar-refractivity contribution in [3.05, 3.63) is 44.7 Å². The maximum absolute atomic E-state index is 10.4. The van der Waals surface area contributed by atoms with Crippen LogP contribution in [0.15, 0.2) is 23.8 Å². The number of ether oxygens (including phenoxy) is 1. The van der Waals surface area contributed by atoms with Gasteiger partial charge in [-0.25, -0.2) is 0 Å². The van der Waals surface area contributed by atoms with Crippen LogP contribution in [0.4, 0.5) is 0 Å². The van der Waals surface area contributed by atoms with Crippen LogP contribution < -0.4 is 0 Å². The van der Waals surface area contributed by atoms with E-state index in [2.05, 4.69) is 32.1 Å². The molecule has 1 saturated heterocycles. The van der Waals surface area contributed by atoms with Crippen LogP contribution in [0.25, 0.3) is 0 Å². The van der Waals surface area contributed by atoms with Crippen molar-refractivity contribution < 1.29 is 25.2 Å². The zero-order valence-electron chi connectivity index (χ0n) is 16.1. The zero-order valence-corrected chi connectivity index (χ0v) is 16.9. The fourth-order valence-electron chi connectivity index (χ4n) is 3.77. The molecule has 1 unspecified atom stereocenters. The van der Waals surface area contributed by atoms with E-state index in [0.29, 0.717) is 5.92 Å². The van der Waals surface area contributed by atoms with E-state index in [4.69, 9.17) is 4.74 Å². The van der Waals surface area contributed by atoms with Gasteiger partial charge in [0.25, 0.3) is 0 Å². The number of thiophene rings is 1. The lowest BCUT2D eigenvalue weighted by molar-refractivity contribution is -0.231. The van der Waals surface area contributed by atoms with Crippen molar-refractivity contribution in [2.75, 3.05) is 6.61 Å². The molecule has 0 amide bonds. The van der Waals surface area contributed by atoms with Crippen molar-refractivity contribution in [3.8, 4) is 0 Å². The van der Waals surface area contributed by atoms with Gasteiger partial charge in [0.1, 0.15) is 30.5 Å². The van der Waals surface area contributed by atoms with Crippen molar-refractivity contribution in [3.63, 3.8) is 0 Å². The molecule has 0 bridgehead atoms. The van der Waals surface area contributed by atoms with Crippen LogP contribution in [-0.4, -0.2) is 51.4 Å². The third-order valence-electron chi connectivity index (χ3n) is 5.89. The normalized spacial score (nSPS) is 34.0. The summed E-state index contributed by atoms with van der Waals surface area (Å²) in [7, 11) is 0. The average Bonchev–Trinajstić information content (AvgIpc) is 2.95. The van der Waals surface area contributed by atoms with Gasteiger partial charge in [0.05, 0.1) is 6.61 Å². The van der Waals surface area contributed by atoms with Crippen LogP contribution in [0, 0.1) is 19.8 Å². The molecule has 0 aromatic carbocycles. The third kappa shape index (κ3) is 4.06. The fraction of sp³-hybridized carbons (Fsp3) is 0.619. The SMILES string of the molecule is CCC1C=CC(Cc2sc([C@@H]3O[C@H](CO)[C@@H](O)[C@H](O)[C@H]3O)c(C)c2C)=CC1. The molecule has 3 rings (SSSR count). The molecule has 0 spiro atoms. The molecule has 4 N–H and O–H groups in total. The first kappa shape index (κ1) is 20.7. The Balaban J connectivity index is 1.83. The monoisotopic (exact) mass is 394 g/mol. The minimum atomic E-state index is -1.35. The van der Waals surface area contributed by atoms with Gasteiger partial charge in [-0.15, -0.1) is 11.3 Å². The summed E-state index contributed by atoms with van der Waals surface area (Å²) in [6.45, 7) is 5.85. The maximum Gasteiger partial charge on any atom is 0.121 e. The van der Waals surface area contributed by atoms with Crippen molar-refractivity contribution >= 4 is 11.3 Å². The second kappa shape index (κ2) is 8.55. The molecule has 6 atom stereocenters. The van der Waals surface area contributed by atoms with Crippen molar-refractivity contribution in [2.45, 2.75) is 70.6 Å². The lowest BCUT2D eigenvalue weighted by Gasteiger charge is -2.40. The summed E-state index contributed by atoms with van der Waals surface area (Å²) in [6.07, 6.45) is 4.32. The average molecular weight is 395 g/mol. The second-order valence-corrected chi connectivity index (χ2v) is 8.74. The minimum absolute atomic E-state index is 0.409. The largest absolute Gasteiger partial charge is 0.394 e. The second-order valence-electron chi connectivity index (χ2n) is 7.61. The van der Waals surface area contributed by atoms with Gasteiger partial charge in [-0.1, -0.05) is 25.2 Å². The Morgan fingerprint density at radius 2 is 1.85 bits per heavy atom. The predicted octanol–water partition coefficient (Wildman–Crippen LogP) is 2.33. The van der Waals surface area contributed by atoms with Gasteiger partial charge < -0.3 is 25.2 Å². The third-order valence-corrected chi connectivity index (χ3v) is 7.34. The molecule has 1 aliphatic heterocycles. The molecular formula is C21H30O5S. The first-order valence-corrected chi connectivity index (χ1v) is 10.5. The molecule has 5 nitrogen and oxygen atoms in total. The Kier molecular flexibility index (Phi) is 6.56. The molecule has 2 heterocycles. The van der Waals surface area contributed by atoms with Crippen LogP contribution in [0.2, 0.25) is 0 Å². The highest BCUT2D eigenvalue weighted by atomic mass is 32.1. The first-order valence-electron chi connectivity index (χ1n) is 9.63. The molecule has 0 radical (unpaired) electrons. The van der Waals surface area contributed by atoms with E-state index >= 15 is 0 Å². The van der Waals surface area contributed by atoms with E-state index in [1.54, 1.807) is 11.3 Å². The van der Waals surface area contributed by atoms with Crippen molar-refractivity contribution in [1.29, 1.82) is 0 Å². The molecule has 1 fully saturated rings.